The molecule has 332 valence electrons. The number of rotatable bonds is 4. The third-order valence-corrected chi connectivity index (χ3v) is 16.1. The topological polar surface area (TPSA) is 35.7 Å². The van der Waals surface area contributed by atoms with E-state index in [1.807, 2.05) is 0 Å². The van der Waals surface area contributed by atoms with Crippen LogP contribution in [0.2, 0.25) is 0 Å². The smallest absolute Gasteiger partial charge is 0.252 e. The fraction of sp³-hybridized carbons (Fsp3) is 0.311. The Hall–Kier alpha value is -6.20. The van der Waals surface area contributed by atoms with Gasteiger partial charge in [-0.05, 0) is 147 Å². The van der Waals surface area contributed by atoms with Gasteiger partial charge < -0.3 is 20.4 Å². The predicted octanol–water partition coefficient (Wildman–Crippen LogP) is 14.3. The lowest BCUT2D eigenvalue weighted by atomic mass is 9.33. The van der Waals surface area contributed by atoms with E-state index in [0.717, 1.165) is 18.5 Å². The van der Waals surface area contributed by atoms with Crippen LogP contribution in [0.3, 0.4) is 0 Å². The first-order chi connectivity index (χ1) is 31.3. The largest absolute Gasteiger partial charge is 0.399 e. The SMILES string of the molecule is CC(C)(C)c1cccc(N2c3cc(C(C)(C)C)ccc3B3c4ccccc4N(c4ccc(C(C)(C)C)cc4-c4ccccc4)c4cc(N5c6ccc(N)cc6C6(C)CCCC56C)cc2c43)c1. The van der Waals surface area contributed by atoms with Crippen LogP contribution in [0.4, 0.5) is 51.2 Å². The molecule has 7 aromatic carbocycles. The molecule has 0 saturated heterocycles. The van der Waals surface area contributed by atoms with Gasteiger partial charge in [-0.3, -0.25) is 0 Å². The Balaban J connectivity index is 1.29. The van der Waals surface area contributed by atoms with Crippen molar-refractivity contribution in [3.63, 3.8) is 0 Å². The number of hydrogen-bond acceptors (Lipinski definition) is 4. The zero-order valence-electron chi connectivity index (χ0n) is 41.0. The number of fused-ring (bicyclic) bond motifs is 7. The normalized spacial score (nSPS) is 19.6. The molecule has 1 saturated carbocycles. The van der Waals surface area contributed by atoms with Gasteiger partial charge in [0.2, 0.25) is 0 Å². The van der Waals surface area contributed by atoms with E-state index in [4.69, 9.17) is 5.73 Å². The third kappa shape index (κ3) is 6.25. The van der Waals surface area contributed by atoms with Gasteiger partial charge in [0, 0.05) is 56.5 Å². The highest BCUT2D eigenvalue weighted by atomic mass is 15.3. The van der Waals surface area contributed by atoms with E-state index in [1.165, 1.54) is 102 Å². The van der Waals surface area contributed by atoms with Gasteiger partial charge in [0.15, 0.2) is 0 Å². The van der Waals surface area contributed by atoms with Crippen LogP contribution < -0.4 is 36.8 Å². The first-order valence-corrected chi connectivity index (χ1v) is 24.3. The zero-order valence-corrected chi connectivity index (χ0v) is 41.0. The van der Waals surface area contributed by atoms with Gasteiger partial charge in [0.05, 0.1) is 11.2 Å². The van der Waals surface area contributed by atoms with E-state index >= 15 is 0 Å². The molecule has 3 aliphatic heterocycles. The fourth-order valence-corrected chi connectivity index (χ4v) is 12.2. The molecule has 0 aromatic heterocycles. The Morgan fingerprint density at radius 3 is 1.83 bits per heavy atom. The second kappa shape index (κ2) is 14.4. The Morgan fingerprint density at radius 1 is 0.485 bits per heavy atom. The van der Waals surface area contributed by atoms with Crippen molar-refractivity contribution < 1.29 is 0 Å². The molecule has 1 fully saturated rings. The quantitative estimate of drug-likeness (QED) is 0.141. The summed E-state index contributed by atoms with van der Waals surface area (Å²) in [6.07, 6.45) is 3.40. The van der Waals surface area contributed by atoms with Gasteiger partial charge in [0.1, 0.15) is 0 Å². The van der Waals surface area contributed by atoms with Gasteiger partial charge >= 0.3 is 0 Å². The second-order valence-electron chi connectivity index (χ2n) is 23.3. The van der Waals surface area contributed by atoms with Gasteiger partial charge in [0.25, 0.3) is 6.71 Å². The van der Waals surface area contributed by atoms with Crippen molar-refractivity contribution in [3.05, 3.63) is 168 Å². The summed E-state index contributed by atoms with van der Waals surface area (Å²) < 4.78 is 0. The summed E-state index contributed by atoms with van der Waals surface area (Å²) >= 11 is 0. The van der Waals surface area contributed by atoms with Crippen LogP contribution in [0.5, 0.6) is 0 Å². The number of benzene rings is 7. The first-order valence-electron chi connectivity index (χ1n) is 24.3. The maximum Gasteiger partial charge on any atom is 0.252 e. The molecule has 0 bridgehead atoms. The van der Waals surface area contributed by atoms with Crippen LogP contribution in [-0.4, -0.2) is 12.3 Å². The number of nitrogens with zero attached hydrogens (tertiary/aromatic N) is 3. The number of hydrogen-bond donors (Lipinski definition) is 1. The average Bonchev–Trinajstić information content (AvgIpc) is 3.68. The molecule has 11 rings (SSSR count). The van der Waals surface area contributed by atoms with E-state index < -0.39 is 0 Å². The summed E-state index contributed by atoms with van der Waals surface area (Å²) in [5, 5.41) is 0. The van der Waals surface area contributed by atoms with Gasteiger partial charge in [-0.2, -0.15) is 0 Å². The molecule has 0 spiro atoms. The van der Waals surface area contributed by atoms with E-state index in [2.05, 4.69) is 236 Å². The predicted molar refractivity (Wildman–Crippen MR) is 285 cm³/mol. The molecule has 2 N–H and O–H groups in total. The van der Waals surface area contributed by atoms with E-state index in [1.54, 1.807) is 0 Å². The van der Waals surface area contributed by atoms with Crippen LogP contribution in [0, 0.1) is 0 Å². The van der Waals surface area contributed by atoms with Crippen molar-refractivity contribution in [1.29, 1.82) is 0 Å². The Kier molecular flexibility index (Phi) is 9.26. The standard InChI is InChI=1S/C61H65BN4/c1-57(2,3)40-21-17-22-44(33-40)64-53-35-42(59(7,8)9)25-28-49(53)62-48-23-15-16-24-52(48)65(50-29-26-41(58(4,5)6)34-46(50)39-19-13-12-14-20-39)55-38-45(37-54(64)56(55)62)66-51-30-27-43(63)36-47(51)60(10)31-18-32-61(60,66)11/h12-17,19-30,33-38H,18,31-32,63H2,1-11H3. The molecular formula is C61H65BN4. The van der Waals surface area contributed by atoms with Gasteiger partial charge in [-0.15, -0.1) is 0 Å². The molecule has 3 heterocycles. The Morgan fingerprint density at radius 2 is 1.11 bits per heavy atom. The van der Waals surface area contributed by atoms with Crippen LogP contribution in [0.1, 0.15) is 118 Å². The minimum atomic E-state index is -0.159. The molecule has 4 nitrogen and oxygen atoms in total. The van der Waals surface area contributed by atoms with Crippen LogP contribution in [0.15, 0.2) is 146 Å². The number of nitrogens with two attached hydrogens (primary N) is 1. The highest BCUT2D eigenvalue weighted by molar-refractivity contribution is 7.00. The maximum absolute atomic E-state index is 6.67. The van der Waals surface area contributed by atoms with Crippen molar-refractivity contribution in [3.8, 4) is 11.1 Å². The molecule has 0 amide bonds. The van der Waals surface area contributed by atoms with Crippen molar-refractivity contribution in [2.75, 3.05) is 20.4 Å². The Bertz CT molecular complexity index is 3090. The van der Waals surface area contributed by atoms with Crippen molar-refractivity contribution in [2.45, 2.75) is 123 Å². The highest BCUT2D eigenvalue weighted by Gasteiger charge is 2.60. The van der Waals surface area contributed by atoms with Crippen molar-refractivity contribution >= 4 is 74.3 Å². The average molecular weight is 865 g/mol. The summed E-state index contributed by atoms with van der Waals surface area (Å²) in [5.74, 6) is 0. The molecule has 2 atom stereocenters. The summed E-state index contributed by atoms with van der Waals surface area (Å²) in [5.41, 5.74) is 28.7. The zero-order chi connectivity index (χ0) is 46.3. The van der Waals surface area contributed by atoms with E-state index in [-0.39, 0.29) is 33.9 Å². The molecule has 4 aliphatic rings. The van der Waals surface area contributed by atoms with E-state index in [0.29, 0.717) is 0 Å². The second-order valence-corrected chi connectivity index (χ2v) is 23.3. The lowest BCUT2D eigenvalue weighted by molar-refractivity contribution is 0.330. The minimum absolute atomic E-state index is 0.00888. The number of anilines is 9. The van der Waals surface area contributed by atoms with Crippen molar-refractivity contribution in [1.82, 2.24) is 0 Å². The molecule has 66 heavy (non-hydrogen) atoms. The third-order valence-electron chi connectivity index (χ3n) is 16.1. The number of para-hydroxylation sites is 1. The van der Waals surface area contributed by atoms with Gasteiger partial charge in [-0.1, -0.05) is 155 Å². The number of nitrogen functional groups attached to an aromatic ring is 1. The fourth-order valence-electron chi connectivity index (χ4n) is 12.2. The van der Waals surface area contributed by atoms with Crippen molar-refractivity contribution in [2.24, 2.45) is 0 Å². The molecule has 2 unspecified atom stereocenters. The van der Waals surface area contributed by atoms with Crippen LogP contribution in [0.25, 0.3) is 11.1 Å². The molecule has 1 aliphatic carbocycles. The maximum atomic E-state index is 6.67. The summed E-state index contributed by atoms with van der Waals surface area (Å²) in [6.45, 7) is 26.0. The van der Waals surface area contributed by atoms with Crippen LogP contribution in [-0.2, 0) is 21.7 Å². The molecular weight excluding hydrogens is 800 g/mol. The molecule has 5 heteroatoms. The lowest BCUT2D eigenvalue weighted by Crippen LogP contribution is -2.61. The molecule has 7 aromatic rings. The first kappa shape index (κ1) is 42.4. The highest BCUT2D eigenvalue weighted by Crippen LogP contribution is 2.63. The monoisotopic (exact) mass is 865 g/mol. The Labute approximate surface area is 394 Å². The summed E-state index contributed by atoms with van der Waals surface area (Å²) in [7, 11) is 0. The molecule has 0 radical (unpaired) electrons. The summed E-state index contributed by atoms with van der Waals surface area (Å²) in [6, 6.07) is 56.0. The minimum Gasteiger partial charge on any atom is -0.399 e. The van der Waals surface area contributed by atoms with Crippen LogP contribution >= 0.6 is 0 Å². The van der Waals surface area contributed by atoms with Gasteiger partial charge in [-0.25, -0.2) is 0 Å². The lowest BCUT2D eigenvalue weighted by Gasteiger charge is -2.47. The summed E-state index contributed by atoms with van der Waals surface area (Å²) in [4.78, 5) is 7.98. The van der Waals surface area contributed by atoms with E-state index in [9.17, 15) is 0 Å².